The Labute approximate surface area is 132 Å². The molecule has 5 N–H and O–H groups in total. The quantitative estimate of drug-likeness (QED) is 0.360. The van der Waals surface area contributed by atoms with E-state index in [9.17, 15) is 18.3 Å². The normalized spacial score (nSPS) is 11.6. The van der Waals surface area contributed by atoms with E-state index in [-0.39, 0.29) is 11.4 Å². The summed E-state index contributed by atoms with van der Waals surface area (Å²) >= 11 is 0. The van der Waals surface area contributed by atoms with Gasteiger partial charge in [-0.1, -0.05) is 6.07 Å². The SMILES string of the molecule is Cc1ccc(O)c2c1cc(C(=O)N(CS(=O)(=O)O)C(=N)N)n2C. The molecule has 1 amide bonds. The van der Waals surface area contributed by atoms with Crippen LogP contribution in [-0.4, -0.2) is 45.3 Å². The first-order valence-corrected chi connectivity index (χ1v) is 8.03. The minimum absolute atomic E-state index is 0.0171. The molecule has 10 heteroatoms. The average molecular weight is 340 g/mol. The molecular weight excluding hydrogens is 324 g/mol. The fourth-order valence-electron chi connectivity index (χ4n) is 2.33. The molecule has 0 atom stereocenters. The molecule has 1 aromatic carbocycles. The van der Waals surface area contributed by atoms with Crippen LogP contribution in [-0.2, 0) is 17.2 Å². The van der Waals surface area contributed by atoms with Crippen molar-refractivity contribution < 1.29 is 22.9 Å². The van der Waals surface area contributed by atoms with E-state index >= 15 is 0 Å². The molecule has 0 aliphatic carbocycles. The number of rotatable bonds is 3. The number of phenols is 1. The van der Waals surface area contributed by atoms with Crippen molar-refractivity contribution in [2.45, 2.75) is 6.92 Å². The fraction of sp³-hybridized carbons (Fsp3) is 0.231. The molecule has 0 spiro atoms. The van der Waals surface area contributed by atoms with Crippen LogP contribution >= 0.6 is 0 Å². The van der Waals surface area contributed by atoms with E-state index in [1.54, 1.807) is 13.0 Å². The highest BCUT2D eigenvalue weighted by atomic mass is 32.2. The van der Waals surface area contributed by atoms with E-state index in [2.05, 4.69) is 0 Å². The number of nitrogens with two attached hydrogens (primary N) is 1. The second kappa shape index (κ2) is 5.56. The number of carbonyl (C=O) groups excluding carboxylic acids is 1. The topological polar surface area (TPSA) is 150 Å². The standard InChI is InChI=1S/C13H16N4O5S/c1-7-3-4-10(18)11-8(7)5-9(16(11)2)12(19)17(13(14)15)6-23(20,21)22/h3-5,18H,6H2,1-2H3,(H3,14,15)(H,20,21,22). The Kier molecular flexibility index (Phi) is 4.05. The lowest BCUT2D eigenvalue weighted by atomic mass is 10.1. The molecule has 0 saturated heterocycles. The van der Waals surface area contributed by atoms with Crippen molar-refractivity contribution in [3.05, 3.63) is 29.5 Å². The number of phenolic OH excluding ortho intramolecular Hbond substituents is 1. The lowest BCUT2D eigenvalue weighted by Gasteiger charge is -2.19. The minimum Gasteiger partial charge on any atom is -0.506 e. The van der Waals surface area contributed by atoms with Gasteiger partial charge in [0.05, 0.1) is 5.52 Å². The van der Waals surface area contributed by atoms with E-state index in [1.165, 1.54) is 23.7 Å². The fourth-order valence-corrected chi connectivity index (χ4v) is 2.91. The number of hydrogen-bond acceptors (Lipinski definition) is 5. The summed E-state index contributed by atoms with van der Waals surface area (Å²) in [6.45, 7) is 1.79. The highest BCUT2D eigenvalue weighted by Gasteiger charge is 2.27. The Morgan fingerprint density at radius 2 is 2.04 bits per heavy atom. The summed E-state index contributed by atoms with van der Waals surface area (Å²) in [7, 11) is -3.04. The Bertz CT molecular complexity index is 916. The maximum atomic E-state index is 12.5. The number of guanidine groups is 1. The Morgan fingerprint density at radius 3 is 2.52 bits per heavy atom. The van der Waals surface area contributed by atoms with Crippen molar-refractivity contribution in [1.29, 1.82) is 5.41 Å². The van der Waals surface area contributed by atoms with Gasteiger partial charge < -0.3 is 15.4 Å². The summed E-state index contributed by atoms with van der Waals surface area (Å²) < 4.78 is 32.3. The van der Waals surface area contributed by atoms with Gasteiger partial charge in [0.2, 0.25) is 0 Å². The summed E-state index contributed by atoms with van der Waals surface area (Å²) in [4.78, 5) is 12.9. The maximum absolute atomic E-state index is 12.5. The lowest BCUT2D eigenvalue weighted by molar-refractivity contribution is 0.0850. The van der Waals surface area contributed by atoms with Crippen LogP contribution in [0.2, 0.25) is 0 Å². The number of nitrogens with zero attached hydrogens (tertiary/aromatic N) is 2. The first-order chi connectivity index (χ1) is 10.5. The first kappa shape index (κ1) is 16.8. The van der Waals surface area contributed by atoms with E-state index < -0.39 is 27.9 Å². The van der Waals surface area contributed by atoms with Crippen LogP contribution < -0.4 is 5.73 Å². The molecule has 0 unspecified atom stereocenters. The van der Waals surface area contributed by atoms with Gasteiger partial charge in [-0.2, -0.15) is 8.42 Å². The smallest absolute Gasteiger partial charge is 0.283 e. The van der Waals surface area contributed by atoms with Gasteiger partial charge in [0.15, 0.2) is 11.8 Å². The van der Waals surface area contributed by atoms with Crippen molar-refractivity contribution in [3.8, 4) is 5.75 Å². The molecule has 2 rings (SSSR count). The molecule has 9 nitrogen and oxygen atoms in total. The first-order valence-electron chi connectivity index (χ1n) is 6.42. The molecule has 0 aliphatic heterocycles. The number of fused-ring (bicyclic) bond motifs is 1. The third kappa shape index (κ3) is 3.12. The molecule has 0 saturated carbocycles. The third-order valence-corrected chi connectivity index (χ3v) is 4.02. The van der Waals surface area contributed by atoms with Gasteiger partial charge in [0.25, 0.3) is 16.0 Å². The molecule has 23 heavy (non-hydrogen) atoms. The summed E-state index contributed by atoms with van der Waals surface area (Å²) in [6.07, 6.45) is 0. The second-order valence-corrected chi connectivity index (χ2v) is 6.50. The average Bonchev–Trinajstić information content (AvgIpc) is 2.77. The molecule has 0 aliphatic rings. The minimum atomic E-state index is -4.56. The summed E-state index contributed by atoms with van der Waals surface area (Å²) in [5, 5.41) is 17.9. The van der Waals surface area contributed by atoms with Gasteiger partial charge >= 0.3 is 0 Å². The van der Waals surface area contributed by atoms with Crippen molar-refractivity contribution in [3.63, 3.8) is 0 Å². The molecule has 0 bridgehead atoms. The highest BCUT2D eigenvalue weighted by Crippen LogP contribution is 2.30. The van der Waals surface area contributed by atoms with E-state index in [1.807, 2.05) is 0 Å². The predicted molar refractivity (Wildman–Crippen MR) is 83.8 cm³/mol. The summed E-state index contributed by atoms with van der Waals surface area (Å²) in [5.41, 5.74) is 6.45. The van der Waals surface area contributed by atoms with Crippen LogP contribution in [0.25, 0.3) is 10.9 Å². The van der Waals surface area contributed by atoms with Gasteiger partial charge in [-0.3, -0.25) is 19.7 Å². The van der Waals surface area contributed by atoms with E-state index in [0.717, 1.165) is 5.56 Å². The predicted octanol–water partition coefficient (Wildman–Crippen LogP) is 0.373. The zero-order valence-corrected chi connectivity index (χ0v) is 13.3. The molecule has 0 fully saturated rings. The molecule has 0 radical (unpaired) electrons. The third-order valence-electron chi connectivity index (χ3n) is 3.44. The number of aromatic hydroxyl groups is 1. The van der Waals surface area contributed by atoms with Gasteiger partial charge in [-0.25, -0.2) is 0 Å². The van der Waals surface area contributed by atoms with Gasteiger partial charge in [-0.15, -0.1) is 0 Å². The van der Waals surface area contributed by atoms with Crippen LogP contribution in [0.3, 0.4) is 0 Å². The Morgan fingerprint density at radius 1 is 1.43 bits per heavy atom. The maximum Gasteiger partial charge on any atom is 0.283 e. The van der Waals surface area contributed by atoms with Crippen LogP contribution in [0.5, 0.6) is 5.75 Å². The monoisotopic (exact) mass is 340 g/mol. The highest BCUT2D eigenvalue weighted by molar-refractivity contribution is 7.85. The molecule has 1 aromatic heterocycles. The van der Waals surface area contributed by atoms with Crippen molar-refractivity contribution >= 4 is 32.9 Å². The number of amides is 1. The van der Waals surface area contributed by atoms with Crippen molar-refractivity contribution in [1.82, 2.24) is 9.47 Å². The number of nitrogens with one attached hydrogen (secondary N) is 1. The van der Waals surface area contributed by atoms with Crippen LogP contribution in [0.4, 0.5) is 0 Å². The summed E-state index contributed by atoms with van der Waals surface area (Å²) in [5.74, 6) is -2.88. The molecular formula is C13H16N4O5S. The number of aryl methyl sites for hydroxylation is 2. The zero-order chi connectivity index (χ0) is 17.5. The largest absolute Gasteiger partial charge is 0.506 e. The molecule has 124 valence electrons. The summed E-state index contributed by atoms with van der Waals surface area (Å²) in [6, 6.07) is 4.62. The second-order valence-electron chi connectivity index (χ2n) is 5.08. The van der Waals surface area contributed by atoms with Crippen molar-refractivity contribution in [2.24, 2.45) is 12.8 Å². The van der Waals surface area contributed by atoms with Gasteiger partial charge in [0, 0.05) is 12.4 Å². The van der Waals surface area contributed by atoms with E-state index in [0.29, 0.717) is 15.8 Å². The van der Waals surface area contributed by atoms with Crippen molar-refractivity contribution in [2.75, 3.05) is 5.88 Å². The number of carbonyl (C=O) groups is 1. The zero-order valence-electron chi connectivity index (χ0n) is 12.4. The van der Waals surface area contributed by atoms with E-state index in [4.69, 9.17) is 15.7 Å². The van der Waals surface area contributed by atoms with Crippen LogP contribution in [0, 0.1) is 12.3 Å². The molecule has 1 heterocycles. The van der Waals surface area contributed by atoms with Gasteiger partial charge in [0.1, 0.15) is 11.4 Å². The Balaban J connectivity index is 2.61. The lowest BCUT2D eigenvalue weighted by Crippen LogP contribution is -2.44. The van der Waals surface area contributed by atoms with Crippen LogP contribution in [0.1, 0.15) is 16.1 Å². The number of hydrogen-bond donors (Lipinski definition) is 4. The van der Waals surface area contributed by atoms with Gasteiger partial charge in [-0.05, 0) is 24.6 Å². The number of aromatic nitrogens is 1. The molecule has 2 aromatic rings. The van der Waals surface area contributed by atoms with Crippen LogP contribution in [0.15, 0.2) is 18.2 Å². The Hall–Kier alpha value is -2.59. The number of benzene rings is 1.